The molecule has 0 aromatic rings. The Balaban J connectivity index is 2.54. The fourth-order valence-corrected chi connectivity index (χ4v) is 3.48. The van der Waals surface area contributed by atoms with Gasteiger partial charge in [-0.05, 0) is 42.9 Å². The van der Waals surface area contributed by atoms with Gasteiger partial charge in [0.15, 0.2) is 0 Å². The van der Waals surface area contributed by atoms with E-state index in [0.29, 0.717) is 5.41 Å². The minimum Gasteiger partial charge on any atom is -0.0654 e. The van der Waals surface area contributed by atoms with Crippen LogP contribution in [0.4, 0.5) is 0 Å². The van der Waals surface area contributed by atoms with E-state index >= 15 is 0 Å². The van der Waals surface area contributed by atoms with Crippen LogP contribution in [0.1, 0.15) is 66.2 Å². The highest BCUT2D eigenvalue weighted by Crippen LogP contribution is 2.45. The maximum atomic E-state index is 2.51. The standard InChI is InChI=1S/C13H26/c1-5-7-13(4)9-11(3)8-12(6-2)10-13/h11-12H,5-10H2,1-4H3. The van der Waals surface area contributed by atoms with Crippen LogP contribution in [-0.2, 0) is 0 Å². The zero-order valence-corrected chi connectivity index (χ0v) is 9.90. The van der Waals surface area contributed by atoms with Crippen molar-refractivity contribution in [3.63, 3.8) is 0 Å². The number of hydrogen-bond donors (Lipinski definition) is 0. The second kappa shape index (κ2) is 4.48. The molecule has 1 rings (SSSR count). The molecule has 3 unspecified atom stereocenters. The van der Waals surface area contributed by atoms with E-state index in [1.807, 2.05) is 0 Å². The van der Waals surface area contributed by atoms with Crippen molar-refractivity contribution in [2.24, 2.45) is 17.3 Å². The van der Waals surface area contributed by atoms with E-state index < -0.39 is 0 Å². The molecule has 3 atom stereocenters. The Labute approximate surface area is 84.1 Å². The lowest BCUT2D eigenvalue weighted by Gasteiger charge is -2.41. The SMILES string of the molecule is CCCC1(C)CC(C)CC(CC)C1. The van der Waals surface area contributed by atoms with Crippen LogP contribution in [0.2, 0.25) is 0 Å². The monoisotopic (exact) mass is 182 g/mol. The Morgan fingerprint density at radius 3 is 2.46 bits per heavy atom. The first-order valence-electron chi connectivity index (χ1n) is 6.09. The number of hydrogen-bond acceptors (Lipinski definition) is 0. The molecule has 0 aromatic heterocycles. The molecule has 1 aliphatic carbocycles. The summed E-state index contributed by atoms with van der Waals surface area (Å²) >= 11 is 0. The lowest BCUT2D eigenvalue weighted by molar-refractivity contribution is 0.102. The Bertz CT molecular complexity index is 150. The zero-order chi connectivity index (χ0) is 9.90. The fraction of sp³-hybridized carbons (Fsp3) is 1.00. The molecule has 0 amide bonds. The molecule has 0 aliphatic heterocycles. The van der Waals surface area contributed by atoms with Gasteiger partial charge in [0.25, 0.3) is 0 Å². The van der Waals surface area contributed by atoms with Crippen LogP contribution in [0, 0.1) is 17.3 Å². The maximum absolute atomic E-state index is 2.51. The first-order chi connectivity index (χ1) is 6.09. The molecule has 1 saturated carbocycles. The van der Waals surface area contributed by atoms with Gasteiger partial charge in [-0.2, -0.15) is 0 Å². The fourth-order valence-electron chi connectivity index (χ4n) is 3.48. The van der Waals surface area contributed by atoms with Crippen LogP contribution >= 0.6 is 0 Å². The second-order valence-electron chi connectivity index (χ2n) is 5.58. The predicted molar refractivity (Wildman–Crippen MR) is 59.8 cm³/mol. The molecule has 0 spiro atoms. The highest BCUT2D eigenvalue weighted by atomic mass is 14.4. The van der Waals surface area contributed by atoms with Gasteiger partial charge in [-0.3, -0.25) is 0 Å². The maximum Gasteiger partial charge on any atom is -0.0321 e. The quantitative estimate of drug-likeness (QED) is 0.596. The summed E-state index contributed by atoms with van der Waals surface area (Å²) < 4.78 is 0. The molecular weight excluding hydrogens is 156 g/mol. The van der Waals surface area contributed by atoms with Crippen molar-refractivity contribution in [3.05, 3.63) is 0 Å². The Morgan fingerprint density at radius 1 is 1.23 bits per heavy atom. The van der Waals surface area contributed by atoms with Crippen molar-refractivity contribution in [2.45, 2.75) is 66.2 Å². The molecule has 13 heavy (non-hydrogen) atoms. The molecule has 78 valence electrons. The van der Waals surface area contributed by atoms with Crippen molar-refractivity contribution in [3.8, 4) is 0 Å². The zero-order valence-electron chi connectivity index (χ0n) is 9.90. The van der Waals surface area contributed by atoms with Gasteiger partial charge < -0.3 is 0 Å². The molecule has 0 radical (unpaired) electrons. The van der Waals surface area contributed by atoms with E-state index in [4.69, 9.17) is 0 Å². The summed E-state index contributed by atoms with van der Waals surface area (Å²) in [5, 5.41) is 0. The van der Waals surface area contributed by atoms with E-state index in [0.717, 1.165) is 11.8 Å². The van der Waals surface area contributed by atoms with Gasteiger partial charge in [0.1, 0.15) is 0 Å². The van der Waals surface area contributed by atoms with E-state index in [2.05, 4.69) is 27.7 Å². The normalized spacial score (nSPS) is 40.6. The predicted octanol–water partition coefficient (Wildman–Crippen LogP) is 4.64. The summed E-state index contributed by atoms with van der Waals surface area (Å²) in [5.41, 5.74) is 0.674. The van der Waals surface area contributed by atoms with Crippen LogP contribution in [0.5, 0.6) is 0 Å². The summed E-state index contributed by atoms with van der Waals surface area (Å²) in [5.74, 6) is 1.98. The minimum atomic E-state index is 0.674. The highest BCUT2D eigenvalue weighted by Gasteiger charge is 2.33. The van der Waals surface area contributed by atoms with Gasteiger partial charge in [0.05, 0.1) is 0 Å². The molecule has 1 fully saturated rings. The van der Waals surface area contributed by atoms with Gasteiger partial charge in [-0.15, -0.1) is 0 Å². The summed E-state index contributed by atoms with van der Waals surface area (Å²) in [4.78, 5) is 0. The molecule has 0 nitrogen and oxygen atoms in total. The molecule has 0 heterocycles. The second-order valence-corrected chi connectivity index (χ2v) is 5.58. The van der Waals surface area contributed by atoms with Gasteiger partial charge in [0.2, 0.25) is 0 Å². The van der Waals surface area contributed by atoms with Crippen LogP contribution in [-0.4, -0.2) is 0 Å². The molecule has 0 aromatic carbocycles. The van der Waals surface area contributed by atoms with Crippen LogP contribution in [0.15, 0.2) is 0 Å². The van der Waals surface area contributed by atoms with Crippen LogP contribution < -0.4 is 0 Å². The van der Waals surface area contributed by atoms with Crippen molar-refractivity contribution >= 4 is 0 Å². The Kier molecular flexibility index (Phi) is 3.82. The molecular formula is C13H26. The van der Waals surface area contributed by atoms with Crippen LogP contribution in [0.25, 0.3) is 0 Å². The lowest BCUT2D eigenvalue weighted by atomic mass is 9.64. The summed E-state index contributed by atoms with van der Waals surface area (Å²) in [7, 11) is 0. The van der Waals surface area contributed by atoms with Gasteiger partial charge in [-0.1, -0.05) is 40.5 Å². The molecule has 0 bridgehead atoms. The van der Waals surface area contributed by atoms with Crippen molar-refractivity contribution in [2.75, 3.05) is 0 Å². The average molecular weight is 182 g/mol. The van der Waals surface area contributed by atoms with Crippen LogP contribution in [0.3, 0.4) is 0 Å². The number of rotatable bonds is 3. The third-order valence-corrected chi connectivity index (χ3v) is 3.79. The smallest absolute Gasteiger partial charge is 0.0321 e. The largest absolute Gasteiger partial charge is 0.0654 e. The molecule has 0 N–H and O–H groups in total. The highest BCUT2D eigenvalue weighted by molar-refractivity contribution is 4.85. The summed E-state index contributed by atoms with van der Waals surface area (Å²) in [6.45, 7) is 9.63. The van der Waals surface area contributed by atoms with Gasteiger partial charge in [-0.25, -0.2) is 0 Å². The molecule has 1 aliphatic rings. The summed E-state index contributed by atoms with van der Waals surface area (Å²) in [6, 6.07) is 0. The lowest BCUT2D eigenvalue weighted by Crippen LogP contribution is -2.29. The Morgan fingerprint density at radius 2 is 1.92 bits per heavy atom. The van der Waals surface area contributed by atoms with E-state index in [1.54, 1.807) is 0 Å². The van der Waals surface area contributed by atoms with Gasteiger partial charge >= 0.3 is 0 Å². The Hall–Kier alpha value is 0. The van der Waals surface area contributed by atoms with E-state index in [1.165, 1.54) is 38.5 Å². The average Bonchev–Trinajstić information content (AvgIpc) is 2.02. The van der Waals surface area contributed by atoms with Crippen molar-refractivity contribution in [1.82, 2.24) is 0 Å². The van der Waals surface area contributed by atoms with E-state index in [-0.39, 0.29) is 0 Å². The minimum absolute atomic E-state index is 0.674. The molecule has 0 heteroatoms. The third kappa shape index (κ3) is 3.00. The first kappa shape index (κ1) is 11.1. The van der Waals surface area contributed by atoms with E-state index in [9.17, 15) is 0 Å². The molecule has 0 saturated heterocycles. The van der Waals surface area contributed by atoms with Gasteiger partial charge in [0, 0.05) is 0 Å². The third-order valence-electron chi connectivity index (χ3n) is 3.79. The van der Waals surface area contributed by atoms with Crippen molar-refractivity contribution < 1.29 is 0 Å². The first-order valence-corrected chi connectivity index (χ1v) is 6.09. The topological polar surface area (TPSA) is 0 Å². The summed E-state index contributed by atoms with van der Waals surface area (Å²) in [6.07, 6.45) is 8.63. The van der Waals surface area contributed by atoms with Crippen molar-refractivity contribution in [1.29, 1.82) is 0 Å².